The first-order chi connectivity index (χ1) is 13.1. The number of amides is 1. The highest BCUT2D eigenvalue weighted by Gasteiger charge is 2.25. The van der Waals surface area contributed by atoms with Gasteiger partial charge in [0.05, 0.1) is 26.5 Å². The number of methoxy groups -OCH3 is 2. The van der Waals surface area contributed by atoms with Crippen molar-refractivity contribution in [3.8, 4) is 11.5 Å². The average Bonchev–Trinajstić information content (AvgIpc) is 2.71. The second-order valence-corrected chi connectivity index (χ2v) is 7.80. The van der Waals surface area contributed by atoms with Crippen molar-refractivity contribution in [2.45, 2.75) is 30.0 Å². The Balaban J connectivity index is 1.62. The molecule has 0 radical (unpaired) electrons. The minimum atomic E-state index is 0.0151. The number of nitrogens with one attached hydrogen (secondary N) is 1. The maximum atomic E-state index is 12.6. The second-order valence-electron chi connectivity index (χ2n) is 6.46. The molecule has 0 saturated heterocycles. The summed E-state index contributed by atoms with van der Waals surface area (Å²) in [6.07, 6.45) is 1.09. The summed E-state index contributed by atoms with van der Waals surface area (Å²) >= 11 is 1.91. The van der Waals surface area contributed by atoms with Crippen LogP contribution in [0.2, 0.25) is 0 Å². The van der Waals surface area contributed by atoms with E-state index in [9.17, 15) is 4.79 Å². The van der Waals surface area contributed by atoms with Crippen LogP contribution in [0, 0.1) is 0 Å². The normalized spacial score (nSPS) is 15.8. The molecule has 0 aromatic heterocycles. The number of carbonyl (C=O) groups excluding carboxylic acids is 1. The fourth-order valence-electron chi connectivity index (χ4n) is 3.16. The van der Waals surface area contributed by atoms with Gasteiger partial charge in [0.25, 0.3) is 0 Å². The third-order valence-electron chi connectivity index (χ3n) is 4.65. The number of hydrogen-bond donors (Lipinski definition) is 1. The van der Waals surface area contributed by atoms with Gasteiger partial charge in [-0.3, -0.25) is 4.79 Å². The van der Waals surface area contributed by atoms with Gasteiger partial charge in [0.2, 0.25) is 5.91 Å². The van der Waals surface area contributed by atoms with Crippen LogP contribution in [0.25, 0.3) is 0 Å². The van der Waals surface area contributed by atoms with Gasteiger partial charge in [-0.05, 0) is 36.2 Å². The summed E-state index contributed by atoms with van der Waals surface area (Å²) in [6.45, 7) is 3.91. The number of ether oxygens (including phenoxy) is 2. The molecule has 1 aliphatic heterocycles. The number of nitrogens with zero attached hydrogens (tertiary/aromatic N) is 1. The number of anilines is 1. The van der Waals surface area contributed by atoms with E-state index in [4.69, 9.17) is 9.47 Å². The molecular formula is C21H26N2O3S. The number of rotatable bonds is 7. The van der Waals surface area contributed by atoms with E-state index in [-0.39, 0.29) is 5.91 Å². The molecule has 1 amide bonds. The molecule has 1 heterocycles. The lowest BCUT2D eigenvalue weighted by Gasteiger charge is -2.34. The van der Waals surface area contributed by atoms with E-state index in [2.05, 4.69) is 35.3 Å². The standard InChI is InChI=1S/C21H26N2O3S/c1-4-16-13-23(17-7-5-6-8-20(17)27-16)14-21(24)22-12-15-9-10-18(25-2)19(11-15)26-3/h5-11,16H,4,12-14H2,1-3H3,(H,22,24). The van der Waals surface area contributed by atoms with Crippen LogP contribution in [-0.4, -0.2) is 38.5 Å². The number of para-hydroxylation sites is 1. The summed E-state index contributed by atoms with van der Waals surface area (Å²) in [5, 5.41) is 3.53. The Kier molecular flexibility index (Phi) is 6.50. The molecule has 0 bridgehead atoms. The first-order valence-electron chi connectivity index (χ1n) is 9.12. The molecule has 144 valence electrons. The average molecular weight is 387 g/mol. The molecule has 1 N–H and O–H groups in total. The number of benzene rings is 2. The zero-order valence-electron chi connectivity index (χ0n) is 16.0. The number of carbonyl (C=O) groups is 1. The highest BCUT2D eigenvalue weighted by Crippen LogP contribution is 2.39. The lowest BCUT2D eigenvalue weighted by Crippen LogP contribution is -2.42. The summed E-state index contributed by atoms with van der Waals surface area (Å²) in [6, 6.07) is 14.0. The van der Waals surface area contributed by atoms with E-state index in [0.29, 0.717) is 29.8 Å². The van der Waals surface area contributed by atoms with Crippen molar-refractivity contribution in [1.29, 1.82) is 0 Å². The lowest BCUT2D eigenvalue weighted by atomic mass is 10.2. The van der Waals surface area contributed by atoms with E-state index in [0.717, 1.165) is 24.2 Å². The first-order valence-corrected chi connectivity index (χ1v) is 10.0. The highest BCUT2D eigenvalue weighted by molar-refractivity contribution is 8.00. The molecule has 2 aromatic rings. The van der Waals surface area contributed by atoms with Crippen molar-refractivity contribution >= 4 is 23.4 Å². The SMILES string of the molecule is CCC1CN(CC(=O)NCc2ccc(OC)c(OC)c2)c2ccccc2S1. The zero-order valence-corrected chi connectivity index (χ0v) is 16.8. The quantitative estimate of drug-likeness (QED) is 0.786. The monoisotopic (exact) mass is 386 g/mol. The Labute approximate surface area is 165 Å². The molecule has 1 atom stereocenters. The number of fused-ring (bicyclic) bond motifs is 1. The van der Waals surface area contributed by atoms with Crippen LogP contribution in [0.4, 0.5) is 5.69 Å². The predicted octanol–water partition coefficient (Wildman–Crippen LogP) is 3.71. The number of thioether (sulfide) groups is 1. The van der Waals surface area contributed by atoms with Gasteiger partial charge in [-0.15, -0.1) is 11.8 Å². The van der Waals surface area contributed by atoms with Crippen LogP contribution in [0.15, 0.2) is 47.4 Å². The van der Waals surface area contributed by atoms with Gasteiger partial charge >= 0.3 is 0 Å². The van der Waals surface area contributed by atoms with Gasteiger partial charge < -0.3 is 19.7 Å². The van der Waals surface area contributed by atoms with Gasteiger partial charge in [0, 0.05) is 23.2 Å². The van der Waals surface area contributed by atoms with Gasteiger partial charge in [0.15, 0.2) is 11.5 Å². The maximum Gasteiger partial charge on any atom is 0.239 e. The van der Waals surface area contributed by atoms with Crippen LogP contribution >= 0.6 is 11.8 Å². The third kappa shape index (κ3) is 4.69. The van der Waals surface area contributed by atoms with Crippen LogP contribution < -0.4 is 19.7 Å². The Morgan fingerprint density at radius 2 is 1.96 bits per heavy atom. The van der Waals surface area contributed by atoms with Crippen molar-refractivity contribution < 1.29 is 14.3 Å². The molecule has 5 nitrogen and oxygen atoms in total. The van der Waals surface area contributed by atoms with E-state index < -0.39 is 0 Å². The molecule has 0 aliphatic carbocycles. The van der Waals surface area contributed by atoms with E-state index >= 15 is 0 Å². The van der Waals surface area contributed by atoms with E-state index in [1.807, 2.05) is 36.0 Å². The fourth-order valence-corrected chi connectivity index (χ4v) is 4.42. The summed E-state index contributed by atoms with van der Waals surface area (Å²) in [7, 11) is 3.22. The molecule has 0 saturated carbocycles. The predicted molar refractivity (Wildman–Crippen MR) is 110 cm³/mol. The van der Waals surface area contributed by atoms with Crippen molar-refractivity contribution in [1.82, 2.24) is 5.32 Å². The van der Waals surface area contributed by atoms with Crippen molar-refractivity contribution in [2.75, 3.05) is 32.2 Å². The Morgan fingerprint density at radius 3 is 2.70 bits per heavy atom. The summed E-state index contributed by atoms with van der Waals surface area (Å²) < 4.78 is 10.6. The lowest BCUT2D eigenvalue weighted by molar-refractivity contribution is -0.119. The second kappa shape index (κ2) is 9.04. The van der Waals surface area contributed by atoms with Gasteiger partial charge in [-0.25, -0.2) is 0 Å². The largest absolute Gasteiger partial charge is 0.493 e. The van der Waals surface area contributed by atoms with Crippen LogP contribution in [0.3, 0.4) is 0 Å². The van der Waals surface area contributed by atoms with Gasteiger partial charge in [-0.1, -0.05) is 25.1 Å². The third-order valence-corrected chi connectivity index (χ3v) is 6.07. The molecule has 3 rings (SSSR count). The van der Waals surface area contributed by atoms with Crippen LogP contribution in [0.1, 0.15) is 18.9 Å². The number of hydrogen-bond acceptors (Lipinski definition) is 5. The van der Waals surface area contributed by atoms with Crippen LogP contribution in [0.5, 0.6) is 11.5 Å². The molecule has 1 aliphatic rings. The van der Waals surface area contributed by atoms with E-state index in [1.165, 1.54) is 4.90 Å². The summed E-state index contributed by atoms with van der Waals surface area (Å²) in [5.74, 6) is 1.36. The Morgan fingerprint density at radius 1 is 1.19 bits per heavy atom. The van der Waals surface area contributed by atoms with Crippen molar-refractivity contribution in [3.05, 3.63) is 48.0 Å². The first kappa shape index (κ1) is 19.4. The zero-order chi connectivity index (χ0) is 19.2. The van der Waals surface area contributed by atoms with Crippen molar-refractivity contribution in [2.24, 2.45) is 0 Å². The molecule has 27 heavy (non-hydrogen) atoms. The molecule has 2 aromatic carbocycles. The topological polar surface area (TPSA) is 50.8 Å². The molecular weight excluding hydrogens is 360 g/mol. The minimum Gasteiger partial charge on any atom is -0.493 e. The highest BCUT2D eigenvalue weighted by atomic mass is 32.2. The Bertz CT molecular complexity index is 797. The molecule has 6 heteroatoms. The van der Waals surface area contributed by atoms with E-state index in [1.54, 1.807) is 14.2 Å². The van der Waals surface area contributed by atoms with Crippen molar-refractivity contribution in [3.63, 3.8) is 0 Å². The van der Waals surface area contributed by atoms with Gasteiger partial charge in [-0.2, -0.15) is 0 Å². The molecule has 0 fully saturated rings. The van der Waals surface area contributed by atoms with Crippen LogP contribution in [-0.2, 0) is 11.3 Å². The summed E-state index contributed by atoms with van der Waals surface area (Å²) in [4.78, 5) is 16.0. The molecule has 0 spiro atoms. The molecule has 1 unspecified atom stereocenters. The summed E-state index contributed by atoms with van der Waals surface area (Å²) in [5.41, 5.74) is 2.12. The smallest absolute Gasteiger partial charge is 0.239 e. The fraction of sp³-hybridized carbons (Fsp3) is 0.381. The minimum absolute atomic E-state index is 0.0151. The maximum absolute atomic E-state index is 12.6. The van der Waals surface area contributed by atoms with Gasteiger partial charge in [0.1, 0.15) is 0 Å². The Hall–Kier alpha value is -2.34.